The number of halogens is 1. The van der Waals surface area contributed by atoms with E-state index >= 15 is 0 Å². The van der Waals surface area contributed by atoms with E-state index in [2.05, 4.69) is 24.1 Å². The minimum absolute atomic E-state index is 0.190. The second kappa shape index (κ2) is 7.41. The minimum Gasteiger partial charge on any atom is -0.312 e. The molecule has 0 atom stereocenters. The molecule has 0 aliphatic carbocycles. The lowest BCUT2D eigenvalue weighted by Gasteiger charge is -2.09. The van der Waals surface area contributed by atoms with Crippen LogP contribution in [-0.4, -0.2) is 11.5 Å². The molecule has 0 unspecified atom stereocenters. The molecule has 4 heteroatoms. The molecule has 0 saturated heterocycles. The second-order valence-corrected chi connectivity index (χ2v) is 6.12. The smallest absolute Gasteiger partial charge is 0.137 e. The lowest BCUT2D eigenvalue weighted by Crippen LogP contribution is -2.18. The van der Waals surface area contributed by atoms with E-state index in [4.69, 9.17) is 0 Å². The van der Waals surface area contributed by atoms with Gasteiger partial charge in [-0.3, -0.25) is 0 Å². The highest BCUT2D eigenvalue weighted by atomic mass is 32.2. The highest BCUT2D eigenvalue weighted by Crippen LogP contribution is 2.28. The van der Waals surface area contributed by atoms with Gasteiger partial charge in [-0.15, -0.1) is 0 Å². The van der Waals surface area contributed by atoms with Crippen molar-refractivity contribution in [1.29, 1.82) is 0 Å². The van der Waals surface area contributed by atoms with Gasteiger partial charge in [-0.25, -0.2) is 9.37 Å². The Morgan fingerprint density at radius 1 is 1.25 bits per heavy atom. The average molecular weight is 290 g/mol. The van der Waals surface area contributed by atoms with E-state index in [9.17, 15) is 4.39 Å². The van der Waals surface area contributed by atoms with Crippen LogP contribution in [0.3, 0.4) is 0 Å². The predicted octanol–water partition coefficient (Wildman–Crippen LogP) is 4.12. The Labute approximate surface area is 123 Å². The van der Waals surface area contributed by atoms with Gasteiger partial charge in [0.25, 0.3) is 0 Å². The summed E-state index contributed by atoms with van der Waals surface area (Å²) in [6, 6.07) is 11.0. The van der Waals surface area contributed by atoms with Gasteiger partial charge in [-0.2, -0.15) is 0 Å². The molecule has 1 aromatic heterocycles. The third-order valence-electron chi connectivity index (χ3n) is 2.73. The summed E-state index contributed by atoms with van der Waals surface area (Å²) in [5.41, 5.74) is 0.966. The van der Waals surface area contributed by atoms with E-state index in [1.807, 2.05) is 30.3 Å². The molecule has 0 amide bonds. The fourth-order valence-electron chi connectivity index (χ4n) is 1.76. The Kier molecular flexibility index (Phi) is 5.56. The number of pyridine rings is 1. The normalized spacial score (nSPS) is 11.0. The maximum atomic E-state index is 14.0. The third kappa shape index (κ3) is 4.62. The van der Waals surface area contributed by atoms with Crippen LogP contribution in [0, 0.1) is 11.7 Å². The Bertz CT molecular complexity index is 543. The van der Waals surface area contributed by atoms with Crippen LogP contribution in [0.4, 0.5) is 4.39 Å². The molecule has 0 radical (unpaired) electrons. The van der Waals surface area contributed by atoms with Crippen LogP contribution in [0.2, 0.25) is 0 Å². The molecule has 1 aromatic carbocycles. The lowest BCUT2D eigenvalue weighted by atomic mass is 10.2. The van der Waals surface area contributed by atoms with Crippen LogP contribution in [-0.2, 0) is 6.54 Å². The van der Waals surface area contributed by atoms with Gasteiger partial charge >= 0.3 is 0 Å². The van der Waals surface area contributed by atoms with Gasteiger partial charge < -0.3 is 5.32 Å². The van der Waals surface area contributed by atoms with Crippen LogP contribution < -0.4 is 5.32 Å². The van der Waals surface area contributed by atoms with Gasteiger partial charge in [-0.1, -0.05) is 37.7 Å². The van der Waals surface area contributed by atoms with Crippen molar-refractivity contribution in [2.45, 2.75) is 30.3 Å². The molecule has 0 fully saturated rings. The topological polar surface area (TPSA) is 24.9 Å². The summed E-state index contributed by atoms with van der Waals surface area (Å²) in [6.45, 7) is 5.94. The number of rotatable bonds is 6. The molecule has 0 aliphatic rings. The zero-order valence-corrected chi connectivity index (χ0v) is 12.6. The van der Waals surface area contributed by atoms with Gasteiger partial charge in [0.15, 0.2) is 0 Å². The van der Waals surface area contributed by atoms with Crippen LogP contribution in [0.1, 0.15) is 19.4 Å². The summed E-state index contributed by atoms with van der Waals surface area (Å²) in [4.78, 5) is 4.80. The first-order valence-corrected chi connectivity index (χ1v) is 7.55. The lowest BCUT2D eigenvalue weighted by molar-refractivity contribution is 0.548. The van der Waals surface area contributed by atoms with Crippen LogP contribution in [0.15, 0.2) is 52.5 Å². The number of nitrogens with one attached hydrogen (secondary N) is 1. The molecule has 1 N–H and O–H groups in total. The average Bonchev–Trinajstić information content (AvgIpc) is 2.42. The molecule has 2 rings (SSSR count). The van der Waals surface area contributed by atoms with Crippen molar-refractivity contribution in [2.75, 3.05) is 6.54 Å². The number of aromatic nitrogens is 1. The first-order valence-electron chi connectivity index (χ1n) is 6.73. The maximum Gasteiger partial charge on any atom is 0.137 e. The zero-order chi connectivity index (χ0) is 14.4. The first kappa shape index (κ1) is 15.0. The van der Waals surface area contributed by atoms with E-state index < -0.39 is 0 Å². The van der Waals surface area contributed by atoms with Crippen molar-refractivity contribution >= 4 is 11.8 Å². The molecule has 0 aliphatic heterocycles. The number of benzene rings is 1. The predicted molar refractivity (Wildman–Crippen MR) is 81.3 cm³/mol. The fourth-order valence-corrected chi connectivity index (χ4v) is 2.54. The summed E-state index contributed by atoms with van der Waals surface area (Å²) < 4.78 is 14.0. The minimum atomic E-state index is -0.190. The fraction of sp³-hybridized carbons (Fsp3) is 0.312. The summed E-state index contributed by atoms with van der Waals surface area (Å²) in [7, 11) is 0. The molecule has 0 spiro atoms. The van der Waals surface area contributed by atoms with Gasteiger partial charge in [-0.05, 0) is 42.3 Å². The largest absolute Gasteiger partial charge is 0.312 e. The summed E-state index contributed by atoms with van der Waals surface area (Å²) >= 11 is 1.35. The highest BCUT2D eigenvalue weighted by molar-refractivity contribution is 7.99. The molecule has 1 heterocycles. The quantitative estimate of drug-likeness (QED) is 0.866. The van der Waals surface area contributed by atoms with E-state index in [1.54, 1.807) is 12.3 Å². The molecule has 0 saturated carbocycles. The van der Waals surface area contributed by atoms with E-state index in [0.717, 1.165) is 17.1 Å². The van der Waals surface area contributed by atoms with Gasteiger partial charge in [0.05, 0.1) is 0 Å². The van der Waals surface area contributed by atoms with Crippen molar-refractivity contribution < 1.29 is 4.39 Å². The van der Waals surface area contributed by atoms with Crippen molar-refractivity contribution in [3.8, 4) is 0 Å². The number of nitrogens with zero attached hydrogens (tertiary/aromatic N) is 1. The van der Waals surface area contributed by atoms with Crippen molar-refractivity contribution in [1.82, 2.24) is 10.3 Å². The van der Waals surface area contributed by atoms with E-state index in [0.29, 0.717) is 17.4 Å². The number of hydrogen-bond acceptors (Lipinski definition) is 3. The van der Waals surface area contributed by atoms with Crippen LogP contribution in [0.25, 0.3) is 0 Å². The van der Waals surface area contributed by atoms with Crippen molar-refractivity contribution in [2.24, 2.45) is 5.92 Å². The molecular formula is C16H19FN2S. The molecule has 20 heavy (non-hydrogen) atoms. The van der Waals surface area contributed by atoms with Crippen molar-refractivity contribution in [3.05, 3.63) is 54.0 Å². The van der Waals surface area contributed by atoms with Crippen LogP contribution >= 0.6 is 11.8 Å². The van der Waals surface area contributed by atoms with Gasteiger partial charge in [0.1, 0.15) is 10.8 Å². The Hall–Kier alpha value is -1.39. The summed E-state index contributed by atoms with van der Waals surface area (Å²) in [6.07, 6.45) is 1.71. The summed E-state index contributed by atoms with van der Waals surface area (Å²) in [5.74, 6) is 0.406. The molecule has 106 valence electrons. The highest BCUT2D eigenvalue weighted by Gasteiger charge is 2.06. The van der Waals surface area contributed by atoms with E-state index in [1.165, 1.54) is 11.8 Å². The Morgan fingerprint density at radius 3 is 2.75 bits per heavy atom. The summed E-state index contributed by atoms with van der Waals surface area (Å²) in [5, 5.41) is 4.11. The Morgan fingerprint density at radius 2 is 2.10 bits per heavy atom. The second-order valence-electron chi connectivity index (χ2n) is 5.06. The van der Waals surface area contributed by atoms with Gasteiger partial charge in [0.2, 0.25) is 0 Å². The van der Waals surface area contributed by atoms with Gasteiger partial charge in [0, 0.05) is 17.6 Å². The van der Waals surface area contributed by atoms with Crippen molar-refractivity contribution in [3.63, 3.8) is 0 Å². The third-order valence-corrected chi connectivity index (χ3v) is 3.73. The number of hydrogen-bond donors (Lipinski definition) is 1. The SMILES string of the molecule is CC(C)CNCc1ccc(Sc2ccccn2)c(F)c1. The molecule has 2 aromatic rings. The first-order chi connectivity index (χ1) is 9.65. The monoisotopic (exact) mass is 290 g/mol. The molecule has 0 bridgehead atoms. The van der Waals surface area contributed by atoms with Crippen LogP contribution in [0.5, 0.6) is 0 Å². The Balaban J connectivity index is 1.99. The molecular weight excluding hydrogens is 271 g/mol. The maximum absolute atomic E-state index is 14.0. The molecule has 2 nitrogen and oxygen atoms in total. The standard InChI is InChI=1S/C16H19FN2S/c1-12(2)10-18-11-13-6-7-15(14(17)9-13)20-16-5-3-4-8-19-16/h3-9,12,18H,10-11H2,1-2H3. The zero-order valence-electron chi connectivity index (χ0n) is 11.8. The van der Waals surface area contributed by atoms with E-state index in [-0.39, 0.29) is 5.82 Å².